The summed E-state index contributed by atoms with van der Waals surface area (Å²) in [5.74, 6) is 1.72. The van der Waals surface area contributed by atoms with Crippen molar-refractivity contribution < 1.29 is 9.53 Å². The van der Waals surface area contributed by atoms with Gasteiger partial charge in [0.2, 0.25) is 0 Å². The molecule has 2 atom stereocenters. The molecule has 0 radical (unpaired) electrons. The van der Waals surface area contributed by atoms with E-state index >= 15 is 0 Å². The van der Waals surface area contributed by atoms with Crippen LogP contribution in [-0.2, 0) is 9.53 Å². The Labute approximate surface area is 123 Å². The van der Waals surface area contributed by atoms with E-state index in [1.54, 1.807) is 6.07 Å². The van der Waals surface area contributed by atoms with Gasteiger partial charge in [0, 0.05) is 19.2 Å². The van der Waals surface area contributed by atoms with Gasteiger partial charge in [-0.1, -0.05) is 18.0 Å². The second-order valence-corrected chi connectivity index (χ2v) is 6.10. The Balaban J connectivity index is 1.90. The van der Waals surface area contributed by atoms with Gasteiger partial charge < -0.3 is 9.64 Å². The standard InChI is InChI=1S/C14H18ClN3O2/c1-9-16-11(15)6-12(17-9)18-7-10-4-3-5-14(10,8-18)13(19)20-2/h6,10H,3-5,7-8H2,1-2H3. The minimum absolute atomic E-state index is 0.0839. The van der Waals surface area contributed by atoms with E-state index in [0.717, 1.165) is 31.6 Å². The third-order valence-corrected chi connectivity index (χ3v) is 4.77. The summed E-state index contributed by atoms with van der Waals surface area (Å²) in [5.41, 5.74) is -0.361. The first-order chi connectivity index (χ1) is 9.55. The van der Waals surface area contributed by atoms with Crippen LogP contribution >= 0.6 is 11.6 Å². The Morgan fingerprint density at radius 3 is 3.05 bits per heavy atom. The molecular weight excluding hydrogens is 278 g/mol. The highest BCUT2D eigenvalue weighted by molar-refractivity contribution is 6.29. The topological polar surface area (TPSA) is 55.3 Å². The van der Waals surface area contributed by atoms with Gasteiger partial charge in [-0.2, -0.15) is 0 Å². The maximum absolute atomic E-state index is 12.2. The molecule has 20 heavy (non-hydrogen) atoms. The lowest BCUT2D eigenvalue weighted by atomic mass is 9.81. The fraction of sp³-hybridized carbons (Fsp3) is 0.643. The van der Waals surface area contributed by atoms with Crippen molar-refractivity contribution in [2.24, 2.45) is 11.3 Å². The van der Waals surface area contributed by atoms with Gasteiger partial charge in [-0.3, -0.25) is 4.79 Å². The number of nitrogens with zero attached hydrogens (tertiary/aromatic N) is 3. The van der Waals surface area contributed by atoms with Crippen LogP contribution in [0.5, 0.6) is 0 Å². The number of ether oxygens (including phenoxy) is 1. The summed E-state index contributed by atoms with van der Waals surface area (Å²) in [6.45, 7) is 3.32. The number of anilines is 1. The third-order valence-electron chi connectivity index (χ3n) is 4.58. The quantitative estimate of drug-likeness (QED) is 0.618. The normalized spacial score (nSPS) is 28.6. The predicted octanol–water partition coefficient (Wildman–Crippen LogP) is 2.22. The lowest BCUT2D eigenvalue weighted by Crippen LogP contribution is -2.37. The van der Waals surface area contributed by atoms with Gasteiger partial charge in [0.1, 0.15) is 16.8 Å². The zero-order valence-electron chi connectivity index (χ0n) is 11.7. The average Bonchev–Trinajstić information content (AvgIpc) is 2.93. The van der Waals surface area contributed by atoms with Gasteiger partial charge >= 0.3 is 5.97 Å². The molecule has 1 saturated carbocycles. The number of hydrogen-bond donors (Lipinski definition) is 0. The minimum Gasteiger partial charge on any atom is -0.469 e. The summed E-state index contributed by atoms with van der Waals surface area (Å²) in [6, 6.07) is 1.76. The van der Waals surface area contributed by atoms with E-state index in [4.69, 9.17) is 16.3 Å². The Kier molecular flexibility index (Phi) is 3.32. The molecule has 0 bridgehead atoms. The number of aromatic nitrogens is 2. The molecular formula is C14H18ClN3O2. The lowest BCUT2D eigenvalue weighted by molar-refractivity contribution is -0.152. The molecule has 3 rings (SSSR count). The van der Waals surface area contributed by atoms with Gasteiger partial charge in [-0.15, -0.1) is 0 Å². The van der Waals surface area contributed by atoms with E-state index < -0.39 is 0 Å². The van der Waals surface area contributed by atoms with E-state index in [-0.39, 0.29) is 11.4 Å². The molecule has 0 N–H and O–H groups in total. The monoisotopic (exact) mass is 295 g/mol. The number of rotatable bonds is 2. The van der Waals surface area contributed by atoms with Crippen molar-refractivity contribution in [3.63, 3.8) is 0 Å². The summed E-state index contributed by atoms with van der Waals surface area (Å²) >= 11 is 6.00. The van der Waals surface area contributed by atoms with Gasteiger partial charge in [0.05, 0.1) is 12.5 Å². The molecule has 1 aliphatic carbocycles. The first kappa shape index (κ1) is 13.6. The van der Waals surface area contributed by atoms with E-state index in [0.29, 0.717) is 23.4 Å². The van der Waals surface area contributed by atoms with Crippen molar-refractivity contribution >= 4 is 23.4 Å². The van der Waals surface area contributed by atoms with Gasteiger partial charge in [0.25, 0.3) is 0 Å². The Hall–Kier alpha value is -1.36. The number of aryl methyl sites for hydroxylation is 1. The predicted molar refractivity (Wildman–Crippen MR) is 75.8 cm³/mol. The summed E-state index contributed by atoms with van der Waals surface area (Å²) in [4.78, 5) is 22.9. The molecule has 2 heterocycles. The minimum atomic E-state index is -0.361. The molecule has 0 amide bonds. The zero-order valence-corrected chi connectivity index (χ0v) is 12.5. The molecule has 6 heteroatoms. The largest absolute Gasteiger partial charge is 0.469 e. The Morgan fingerprint density at radius 1 is 1.55 bits per heavy atom. The van der Waals surface area contributed by atoms with Crippen LogP contribution < -0.4 is 4.90 Å². The van der Waals surface area contributed by atoms with Crippen LogP contribution in [-0.4, -0.2) is 36.1 Å². The van der Waals surface area contributed by atoms with Crippen molar-refractivity contribution in [3.8, 4) is 0 Å². The summed E-state index contributed by atoms with van der Waals surface area (Å²) < 4.78 is 5.05. The van der Waals surface area contributed by atoms with Crippen molar-refractivity contribution in [1.29, 1.82) is 0 Å². The first-order valence-corrected chi connectivity index (χ1v) is 7.27. The van der Waals surface area contributed by atoms with Crippen LogP contribution in [0.3, 0.4) is 0 Å². The number of halogens is 1. The molecule has 1 saturated heterocycles. The zero-order chi connectivity index (χ0) is 14.3. The number of carbonyl (C=O) groups excluding carboxylic acids is 1. The molecule has 5 nitrogen and oxygen atoms in total. The summed E-state index contributed by atoms with van der Waals surface area (Å²) in [5, 5.41) is 0.441. The molecule has 1 aromatic rings. The average molecular weight is 296 g/mol. The van der Waals surface area contributed by atoms with Crippen LogP contribution in [0.1, 0.15) is 25.1 Å². The second kappa shape index (κ2) is 4.88. The van der Waals surface area contributed by atoms with Gasteiger partial charge in [0.15, 0.2) is 0 Å². The fourth-order valence-electron chi connectivity index (χ4n) is 3.68. The first-order valence-electron chi connectivity index (χ1n) is 6.90. The molecule has 0 aromatic carbocycles. The van der Waals surface area contributed by atoms with Crippen molar-refractivity contribution in [2.45, 2.75) is 26.2 Å². The SMILES string of the molecule is COC(=O)C12CCCC1CN(c1cc(Cl)nc(C)n1)C2. The van der Waals surface area contributed by atoms with Crippen LogP contribution in [0.2, 0.25) is 5.15 Å². The molecule has 2 fully saturated rings. The highest BCUT2D eigenvalue weighted by Gasteiger charge is 2.55. The second-order valence-electron chi connectivity index (χ2n) is 5.71. The summed E-state index contributed by atoms with van der Waals surface area (Å²) in [6.07, 6.45) is 3.07. The van der Waals surface area contributed by atoms with Crippen molar-refractivity contribution in [1.82, 2.24) is 9.97 Å². The molecule has 2 aliphatic rings. The highest BCUT2D eigenvalue weighted by Crippen LogP contribution is 2.50. The smallest absolute Gasteiger partial charge is 0.313 e. The number of carbonyl (C=O) groups is 1. The van der Waals surface area contributed by atoms with Crippen molar-refractivity contribution in [2.75, 3.05) is 25.1 Å². The fourth-order valence-corrected chi connectivity index (χ4v) is 3.90. The van der Waals surface area contributed by atoms with Crippen LogP contribution in [0.25, 0.3) is 0 Å². The van der Waals surface area contributed by atoms with Crippen LogP contribution in [0.15, 0.2) is 6.07 Å². The molecule has 2 unspecified atom stereocenters. The Morgan fingerprint density at radius 2 is 2.35 bits per heavy atom. The van der Waals surface area contributed by atoms with Gasteiger partial charge in [-0.25, -0.2) is 9.97 Å². The summed E-state index contributed by atoms with van der Waals surface area (Å²) in [7, 11) is 1.47. The van der Waals surface area contributed by atoms with Crippen LogP contribution in [0, 0.1) is 18.3 Å². The molecule has 1 aliphatic heterocycles. The van der Waals surface area contributed by atoms with E-state index in [1.165, 1.54) is 7.11 Å². The number of fused-ring (bicyclic) bond motifs is 1. The Bertz CT molecular complexity index is 531. The highest BCUT2D eigenvalue weighted by atomic mass is 35.5. The number of methoxy groups -OCH3 is 1. The van der Waals surface area contributed by atoms with Crippen LogP contribution in [0.4, 0.5) is 5.82 Å². The molecule has 1 aromatic heterocycles. The number of hydrogen-bond acceptors (Lipinski definition) is 5. The maximum atomic E-state index is 12.2. The lowest BCUT2D eigenvalue weighted by Gasteiger charge is -2.25. The molecule has 0 spiro atoms. The van der Waals surface area contributed by atoms with E-state index in [1.807, 2.05) is 6.92 Å². The van der Waals surface area contributed by atoms with E-state index in [2.05, 4.69) is 14.9 Å². The van der Waals surface area contributed by atoms with E-state index in [9.17, 15) is 4.79 Å². The maximum Gasteiger partial charge on any atom is 0.313 e. The molecule has 108 valence electrons. The van der Waals surface area contributed by atoms with Gasteiger partial charge in [-0.05, 0) is 25.7 Å². The third kappa shape index (κ3) is 2.04. The van der Waals surface area contributed by atoms with Crippen molar-refractivity contribution in [3.05, 3.63) is 17.0 Å². The number of esters is 1.